The molecule has 0 saturated carbocycles. The number of rotatable bonds is 2. The van der Waals surface area contributed by atoms with Gasteiger partial charge >= 0.3 is 35.7 Å². The van der Waals surface area contributed by atoms with Crippen LogP contribution in [-0.4, -0.2) is 57.9 Å². The summed E-state index contributed by atoms with van der Waals surface area (Å²) in [4.78, 5) is 24.2. The van der Waals surface area contributed by atoms with Crippen LogP contribution in [0, 0.1) is 5.41 Å². The minimum atomic E-state index is -0.526. The first-order chi connectivity index (χ1) is 13.7. The number of fused-ring (bicyclic) bond motifs is 1. The number of carbonyl (C=O) groups is 1. The second kappa shape index (κ2) is 8.78. The molecule has 2 atom stereocenters. The normalized spacial score (nSPS) is 23.4. The zero-order chi connectivity index (χ0) is 20.8. The Kier molecular flexibility index (Phi) is 6.89. The zero-order valence-corrected chi connectivity index (χ0v) is 21.2. The third-order valence-corrected chi connectivity index (χ3v) is 6.14. The standard InChI is InChI=1S/C20H29N5O3S.Na/c1-13-15(23-18(26)28-19(2,3)4)20(12-27-13)5-8-24(9-6-20)17-22-11-14(29)16-21-7-10-25(16)17;/h7,10-11,13,15,29H,5-6,8-9,12H2,1-4H3,(H,23,26);/q;+1/p-1/t13-,15+;/m0./s1. The van der Waals surface area contributed by atoms with E-state index < -0.39 is 5.60 Å². The molecule has 2 fully saturated rings. The summed E-state index contributed by atoms with van der Waals surface area (Å²) in [6.07, 6.45) is 6.69. The van der Waals surface area contributed by atoms with Crippen molar-refractivity contribution in [3.8, 4) is 0 Å². The van der Waals surface area contributed by atoms with E-state index in [1.165, 1.54) is 0 Å². The molecule has 2 aliphatic rings. The summed E-state index contributed by atoms with van der Waals surface area (Å²) in [7, 11) is 0. The van der Waals surface area contributed by atoms with Crippen LogP contribution in [0.25, 0.3) is 5.65 Å². The van der Waals surface area contributed by atoms with Crippen molar-refractivity contribution in [3.05, 3.63) is 18.6 Å². The van der Waals surface area contributed by atoms with Gasteiger partial charge < -0.3 is 32.3 Å². The van der Waals surface area contributed by atoms with Crippen LogP contribution in [0.2, 0.25) is 0 Å². The zero-order valence-electron chi connectivity index (χ0n) is 18.3. The third kappa shape index (κ3) is 4.55. The summed E-state index contributed by atoms with van der Waals surface area (Å²) in [6.45, 7) is 9.90. The first-order valence-electron chi connectivity index (χ1n) is 10.0. The maximum Gasteiger partial charge on any atom is 1.00 e. The molecule has 0 aromatic carbocycles. The Labute approximate surface area is 204 Å². The van der Waals surface area contributed by atoms with Crippen LogP contribution in [-0.2, 0) is 22.1 Å². The molecule has 4 heterocycles. The Morgan fingerprint density at radius 1 is 1.33 bits per heavy atom. The Morgan fingerprint density at radius 3 is 2.70 bits per heavy atom. The fourth-order valence-corrected chi connectivity index (χ4v) is 4.61. The van der Waals surface area contributed by atoms with Crippen LogP contribution >= 0.6 is 0 Å². The first-order valence-corrected chi connectivity index (χ1v) is 10.4. The summed E-state index contributed by atoms with van der Waals surface area (Å²) in [5.41, 5.74) is 0.133. The van der Waals surface area contributed by atoms with Crippen molar-refractivity contribution in [3.63, 3.8) is 0 Å². The molecule has 1 spiro atoms. The molecule has 0 radical (unpaired) electrons. The van der Waals surface area contributed by atoms with Gasteiger partial charge in [-0.25, -0.2) is 14.8 Å². The predicted octanol–water partition coefficient (Wildman–Crippen LogP) is -0.462. The number of piperidine rings is 1. The van der Waals surface area contributed by atoms with E-state index >= 15 is 0 Å². The van der Waals surface area contributed by atoms with Crippen molar-refractivity contribution in [1.29, 1.82) is 0 Å². The summed E-state index contributed by atoms with van der Waals surface area (Å²) in [5, 5.41) is 3.08. The van der Waals surface area contributed by atoms with Gasteiger partial charge in [-0.05, 0) is 40.5 Å². The number of amides is 1. The molecule has 1 N–H and O–H groups in total. The molecule has 0 bridgehead atoms. The van der Waals surface area contributed by atoms with E-state index in [-0.39, 0.29) is 53.2 Å². The van der Waals surface area contributed by atoms with Gasteiger partial charge in [0.25, 0.3) is 0 Å². The first kappa shape index (κ1) is 23.5. The summed E-state index contributed by atoms with van der Waals surface area (Å²) >= 11 is 5.32. The van der Waals surface area contributed by atoms with Gasteiger partial charge in [0.15, 0.2) is 0 Å². The number of nitrogens with zero attached hydrogens (tertiary/aromatic N) is 4. The van der Waals surface area contributed by atoms with Crippen molar-refractivity contribution < 1.29 is 43.8 Å². The Morgan fingerprint density at radius 2 is 2.03 bits per heavy atom. The molecule has 8 nitrogen and oxygen atoms in total. The number of imidazole rings is 1. The van der Waals surface area contributed by atoms with E-state index in [1.807, 2.05) is 38.3 Å². The molecule has 0 aliphatic carbocycles. The molecule has 2 saturated heterocycles. The molecule has 0 unspecified atom stereocenters. The number of anilines is 1. The smallest absolute Gasteiger partial charge is 0.775 e. The Hall–Kier alpha value is -1.13. The van der Waals surface area contributed by atoms with E-state index in [0.717, 1.165) is 37.5 Å². The van der Waals surface area contributed by atoms with Crippen LogP contribution in [0.15, 0.2) is 23.5 Å². The molecule has 2 aromatic heterocycles. The van der Waals surface area contributed by atoms with Gasteiger partial charge in [0.2, 0.25) is 5.95 Å². The van der Waals surface area contributed by atoms with E-state index in [0.29, 0.717) is 11.5 Å². The summed E-state index contributed by atoms with van der Waals surface area (Å²) in [6, 6.07) is -0.0734. The summed E-state index contributed by atoms with van der Waals surface area (Å²) < 4.78 is 13.4. The largest absolute Gasteiger partial charge is 1.00 e. The van der Waals surface area contributed by atoms with Crippen LogP contribution in [0.5, 0.6) is 0 Å². The molecule has 30 heavy (non-hydrogen) atoms. The van der Waals surface area contributed by atoms with Gasteiger partial charge in [-0.2, -0.15) is 0 Å². The van der Waals surface area contributed by atoms with Crippen molar-refractivity contribution in [1.82, 2.24) is 19.7 Å². The van der Waals surface area contributed by atoms with Crippen LogP contribution < -0.4 is 39.8 Å². The topological polar surface area (TPSA) is 81.0 Å². The van der Waals surface area contributed by atoms with Gasteiger partial charge in [-0.1, -0.05) is 0 Å². The van der Waals surface area contributed by atoms with Crippen molar-refractivity contribution in [2.45, 2.75) is 63.2 Å². The van der Waals surface area contributed by atoms with Crippen molar-refractivity contribution in [2.75, 3.05) is 24.6 Å². The number of hydrogen-bond donors (Lipinski definition) is 1. The maximum atomic E-state index is 12.4. The van der Waals surface area contributed by atoms with Gasteiger partial charge in [0.1, 0.15) is 11.2 Å². The number of aromatic nitrogens is 3. The Bertz CT molecular complexity index is 907. The van der Waals surface area contributed by atoms with Gasteiger partial charge in [0, 0.05) is 37.1 Å². The molecule has 2 aromatic rings. The van der Waals surface area contributed by atoms with Gasteiger partial charge in [-0.3, -0.25) is 4.40 Å². The monoisotopic (exact) mass is 441 g/mol. The minimum Gasteiger partial charge on any atom is -0.775 e. The predicted molar refractivity (Wildman–Crippen MR) is 111 cm³/mol. The van der Waals surface area contributed by atoms with E-state index in [4.69, 9.17) is 22.1 Å². The third-order valence-electron chi connectivity index (χ3n) is 5.85. The van der Waals surface area contributed by atoms with E-state index in [2.05, 4.69) is 20.2 Å². The molecular weight excluding hydrogens is 413 g/mol. The van der Waals surface area contributed by atoms with Crippen LogP contribution in [0.1, 0.15) is 40.5 Å². The molecule has 4 rings (SSSR count). The number of nitrogens with one attached hydrogen (secondary N) is 1. The van der Waals surface area contributed by atoms with Gasteiger partial charge in [-0.15, -0.1) is 4.90 Å². The second-order valence-electron chi connectivity index (χ2n) is 9.03. The van der Waals surface area contributed by atoms with Crippen LogP contribution in [0.4, 0.5) is 10.7 Å². The van der Waals surface area contributed by atoms with Crippen molar-refractivity contribution >= 4 is 30.3 Å². The number of alkyl carbamates (subject to hydrolysis) is 1. The van der Waals surface area contributed by atoms with Crippen molar-refractivity contribution in [2.24, 2.45) is 5.41 Å². The minimum absolute atomic E-state index is 0. The molecule has 2 aliphatic heterocycles. The average molecular weight is 442 g/mol. The maximum absolute atomic E-state index is 12.4. The number of ether oxygens (including phenoxy) is 2. The second-order valence-corrected chi connectivity index (χ2v) is 9.47. The molecule has 158 valence electrons. The molecular formula is C20H28N5NaO3S. The fourth-order valence-electron chi connectivity index (χ4n) is 4.41. The Balaban J connectivity index is 0.00000256. The summed E-state index contributed by atoms with van der Waals surface area (Å²) in [5.74, 6) is 0.851. The number of hydrogen-bond acceptors (Lipinski definition) is 7. The molecule has 1 amide bonds. The quantitative estimate of drug-likeness (QED) is 0.499. The fraction of sp³-hybridized carbons (Fsp3) is 0.650. The van der Waals surface area contributed by atoms with Gasteiger partial charge in [0.05, 0.1) is 18.8 Å². The van der Waals surface area contributed by atoms with E-state index in [1.54, 1.807) is 12.4 Å². The average Bonchev–Trinajstić information content (AvgIpc) is 3.24. The molecule has 10 heteroatoms. The SMILES string of the molecule is C[C@@H]1OCC2(CCN(c3ncc([S-])c4nccn34)CC2)[C@@H]1NC(=O)OC(C)(C)C.[Na+]. The van der Waals surface area contributed by atoms with Crippen LogP contribution in [0.3, 0.4) is 0 Å². The van der Waals surface area contributed by atoms with E-state index in [9.17, 15) is 4.79 Å². The number of carbonyl (C=O) groups excluding carboxylic acids is 1.